The van der Waals surface area contributed by atoms with Gasteiger partial charge in [0.15, 0.2) is 6.39 Å². The normalized spacial score (nSPS) is 25.0. The number of fused-ring (bicyclic) bond motifs is 5. The average molecular weight is 367 g/mol. The van der Waals surface area contributed by atoms with Gasteiger partial charge in [0.05, 0.1) is 28.1 Å². The fourth-order valence-corrected chi connectivity index (χ4v) is 5.43. The lowest BCUT2D eigenvalue weighted by molar-refractivity contribution is 0.241. The maximum atomic E-state index is 14.2. The van der Waals surface area contributed by atoms with Gasteiger partial charge < -0.3 is 4.42 Å². The topological polar surface area (TPSA) is 51.8 Å². The Bertz CT molecular complexity index is 1050. The van der Waals surface area contributed by atoms with Gasteiger partial charge in [-0.05, 0) is 54.9 Å². The molecule has 3 aromatic rings. The van der Waals surface area contributed by atoms with E-state index in [1.165, 1.54) is 24.6 Å². The van der Waals surface area contributed by atoms with Gasteiger partial charge in [-0.15, -0.1) is 5.10 Å². The van der Waals surface area contributed by atoms with E-state index in [0.29, 0.717) is 0 Å². The van der Waals surface area contributed by atoms with Crippen molar-refractivity contribution in [1.82, 2.24) is 15.2 Å². The Balaban J connectivity index is 1.75. The molecule has 1 fully saturated rings. The zero-order valence-electron chi connectivity index (χ0n) is 15.4. The van der Waals surface area contributed by atoms with Crippen LogP contribution in [0.5, 0.6) is 0 Å². The van der Waals surface area contributed by atoms with Gasteiger partial charge in [0.25, 0.3) is 0 Å². The molecule has 1 aromatic carbocycles. The van der Waals surface area contributed by atoms with Crippen LogP contribution >= 0.6 is 0 Å². The van der Waals surface area contributed by atoms with Crippen LogP contribution in [-0.2, 0) is 5.41 Å². The summed E-state index contributed by atoms with van der Waals surface area (Å²) in [6.45, 7) is 6.34. The Hall–Kier alpha value is -2.63. The molecule has 2 bridgehead atoms. The fraction of sp³-hybridized carbons (Fsp3) is 0.381. The molecule has 2 aliphatic carbocycles. The van der Waals surface area contributed by atoms with E-state index in [9.17, 15) is 8.78 Å². The molecule has 0 N–H and O–H groups in total. The molecule has 0 unspecified atom stereocenters. The predicted octanol–water partition coefficient (Wildman–Crippen LogP) is 4.92. The van der Waals surface area contributed by atoms with Crippen molar-refractivity contribution in [3.63, 3.8) is 0 Å². The number of aryl methyl sites for hydroxylation is 1. The minimum absolute atomic E-state index is 0.125. The van der Waals surface area contributed by atoms with E-state index in [0.717, 1.165) is 35.6 Å². The van der Waals surface area contributed by atoms with Crippen LogP contribution in [0.25, 0.3) is 11.3 Å². The molecule has 1 saturated carbocycles. The number of hydrogen-bond acceptors (Lipinski definition) is 4. The highest BCUT2D eigenvalue weighted by molar-refractivity contribution is 5.64. The molecule has 0 aliphatic heterocycles. The van der Waals surface area contributed by atoms with Gasteiger partial charge in [-0.2, -0.15) is 5.10 Å². The van der Waals surface area contributed by atoms with Gasteiger partial charge in [0.2, 0.25) is 0 Å². The largest absolute Gasteiger partial charge is 0.448 e. The van der Waals surface area contributed by atoms with Gasteiger partial charge >= 0.3 is 0 Å². The number of halogens is 2. The predicted molar refractivity (Wildman–Crippen MR) is 95.2 cm³/mol. The summed E-state index contributed by atoms with van der Waals surface area (Å²) in [5.41, 5.74) is 2.36. The minimum atomic E-state index is -0.631. The molecule has 5 rings (SSSR count). The molecule has 6 heteroatoms. The van der Waals surface area contributed by atoms with Gasteiger partial charge in [-0.25, -0.2) is 13.8 Å². The fourth-order valence-electron chi connectivity index (χ4n) is 5.43. The van der Waals surface area contributed by atoms with Gasteiger partial charge in [-0.1, -0.05) is 19.9 Å². The lowest BCUT2D eigenvalue weighted by atomic mass is 9.66. The van der Waals surface area contributed by atoms with E-state index in [1.54, 1.807) is 0 Å². The molecular weight excluding hydrogens is 348 g/mol. The molecule has 0 amide bonds. The standard InChI is InChI=1S/C21H19F2N3O/c1-11-18(24-10-27-11)21-8-7-13(20(21,2)3)12-9-16(25-26-19(12)21)17-14(22)5-4-6-15(17)23/h4-6,9-10,13H,7-8H2,1-3H3/t13-,21-/m0/s1. The summed E-state index contributed by atoms with van der Waals surface area (Å²) in [6, 6.07) is 5.64. The van der Waals surface area contributed by atoms with Crippen molar-refractivity contribution >= 4 is 0 Å². The molecule has 0 radical (unpaired) electrons. The third-order valence-electron chi connectivity index (χ3n) is 6.75. The molecule has 2 aromatic heterocycles. The van der Waals surface area contributed by atoms with E-state index in [1.807, 2.05) is 13.0 Å². The first-order valence-electron chi connectivity index (χ1n) is 9.11. The third-order valence-corrected chi connectivity index (χ3v) is 6.75. The Kier molecular flexibility index (Phi) is 3.19. The summed E-state index contributed by atoms with van der Waals surface area (Å²) in [5.74, 6) is -0.252. The van der Waals surface area contributed by atoms with Crippen molar-refractivity contribution in [2.24, 2.45) is 5.41 Å². The smallest absolute Gasteiger partial charge is 0.181 e. The highest BCUT2D eigenvalue weighted by atomic mass is 19.1. The summed E-state index contributed by atoms with van der Waals surface area (Å²) >= 11 is 0. The maximum Gasteiger partial charge on any atom is 0.181 e. The highest BCUT2D eigenvalue weighted by Gasteiger charge is 2.65. The van der Waals surface area contributed by atoms with E-state index in [2.05, 4.69) is 29.0 Å². The van der Waals surface area contributed by atoms with Crippen LogP contribution in [0.4, 0.5) is 8.78 Å². The van der Waals surface area contributed by atoms with Crippen molar-refractivity contribution in [2.45, 2.75) is 44.9 Å². The van der Waals surface area contributed by atoms with Gasteiger partial charge in [0.1, 0.15) is 17.4 Å². The molecule has 138 valence electrons. The number of benzene rings is 1. The summed E-state index contributed by atoms with van der Waals surface area (Å²) in [6.07, 6.45) is 3.35. The summed E-state index contributed by atoms with van der Waals surface area (Å²) in [7, 11) is 0. The van der Waals surface area contributed by atoms with Crippen LogP contribution in [-0.4, -0.2) is 15.2 Å². The van der Waals surface area contributed by atoms with Crippen molar-refractivity contribution in [3.05, 3.63) is 65.0 Å². The first-order chi connectivity index (χ1) is 12.9. The second kappa shape index (κ2) is 5.21. The van der Waals surface area contributed by atoms with Gasteiger partial charge in [0, 0.05) is 0 Å². The van der Waals surface area contributed by atoms with Crippen molar-refractivity contribution in [2.75, 3.05) is 0 Å². The monoisotopic (exact) mass is 367 g/mol. The average Bonchev–Trinajstić information content (AvgIpc) is 3.22. The molecule has 27 heavy (non-hydrogen) atoms. The zero-order valence-corrected chi connectivity index (χ0v) is 15.4. The highest BCUT2D eigenvalue weighted by Crippen LogP contribution is 2.69. The van der Waals surface area contributed by atoms with E-state index in [-0.39, 0.29) is 28.0 Å². The second-order valence-corrected chi connectivity index (χ2v) is 8.11. The first kappa shape index (κ1) is 16.5. The molecule has 2 atom stereocenters. The van der Waals surface area contributed by atoms with Crippen LogP contribution in [0, 0.1) is 24.0 Å². The Morgan fingerprint density at radius 1 is 1.11 bits per heavy atom. The lowest BCUT2D eigenvalue weighted by Crippen LogP contribution is -2.37. The third kappa shape index (κ3) is 1.88. The Morgan fingerprint density at radius 2 is 1.85 bits per heavy atom. The quantitative estimate of drug-likeness (QED) is 0.645. The van der Waals surface area contributed by atoms with E-state index < -0.39 is 11.6 Å². The molecule has 4 nitrogen and oxygen atoms in total. The van der Waals surface area contributed by atoms with Crippen molar-refractivity contribution in [3.8, 4) is 11.3 Å². The SMILES string of the molecule is Cc1ocnc1[C@@]12CC[C@@H](c3cc(-c4c(F)cccc4F)nnc31)C2(C)C. The number of nitrogens with zero attached hydrogens (tertiary/aromatic N) is 3. The van der Waals surface area contributed by atoms with Crippen LogP contribution < -0.4 is 0 Å². The summed E-state index contributed by atoms with van der Waals surface area (Å²) in [5, 5.41) is 8.72. The Labute approximate surface area is 155 Å². The van der Waals surface area contributed by atoms with Crippen molar-refractivity contribution < 1.29 is 13.2 Å². The first-order valence-corrected chi connectivity index (χ1v) is 9.11. The van der Waals surface area contributed by atoms with Crippen LogP contribution in [0.2, 0.25) is 0 Å². The summed E-state index contributed by atoms with van der Waals surface area (Å²) < 4.78 is 34.0. The summed E-state index contributed by atoms with van der Waals surface area (Å²) in [4.78, 5) is 4.52. The minimum Gasteiger partial charge on any atom is -0.448 e. The Morgan fingerprint density at radius 3 is 2.52 bits per heavy atom. The lowest BCUT2D eigenvalue weighted by Gasteiger charge is -2.36. The second-order valence-electron chi connectivity index (χ2n) is 8.11. The number of rotatable bonds is 2. The number of oxazole rings is 1. The van der Waals surface area contributed by atoms with Crippen LogP contribution in [0.3, 0.4) is 0 Å². The number of hydrogen-bond donors (Lipinski definition) is 0. The zero-order chi connectivity index (χ0) is 19.0. The molecular formula is C21H19F2N3O. The molecule has 0 spiro atoms. The van der Waals surface area contributed by atoms with Crippen LogP contribution in [0.15, 0.2) is 35.1 Å². The van der Waals surface area contributed by atoms with Crippen LogP contribution in [0.1, 0.15) is 55.3 Å². The maximum absolute atomic E-state index is 14.2. The van der Waals surface area contributed by atoms with Gasteiger partial charge in [-0.3, -0.25) is 0 Å². The van der Waals surface area contributed by atoms with Crippen molar-refractivity contribution in [1.29, 1.82) is 0 Å². The molecule has 0 saturated heterocycles. The van der Waals surface area contributed by atoms with E-state index >= 15 is 0 Å². The molecule has 2 heterocycles. The van der Waals surface area contributed by atoms with E-state index in [4.69, 9.17) is 4.42 Å². The molecule has 2 aliphatic rings. The number of aromatic nitrogens is 3.